The highest BCUT2D eigenvalue weighted by molar-refractivity contribution is 7.99. The van der Waals surface area contributed by atoms with Crippen molar-refractivity contribution in [2.24, 2.45) is 0 Å². The van der Waals surface area contributed by atoms with Gasteiger partial charge in [0, 0.05) is 22.6 Å². The molecule has 0 radical (unpaired) electrons. The van der Waals surface area contributed by atoms with E-state index in [9.17, 15) is 9.59 Å². The molecule has 3 aromatic rings. The van der Waals surface area contributed by atoms with Crippen LogP contribution in [-0.4, -0.2) is 38.4 Å². The van der Waals surface area contributed by atoms with E-state index in [1.54, 1.807) is 6.20 Å². The van der Waals surface area contributed by atoms with Crippen LogP contribution in [0.15, 0.2) is 40.1 Å². The van der Waals surface area contributed by atoms with E-state index < -0.39 is 17.5 Å². The number of hydrogen-bond donors (Lipinski definition) is 3. The van der Waals surface area contributed by atoms with E-state index >= 15 is 0 Å². The summed E-state index contributed by atoms with van der Waals surface area (Å²) in [5.41, 5.74) is 1.35. The number of nitrogens with zero attached hydrogens (tertiary/aromatic N) is 2. The average molecular weight is 373 g/mol. The van der Waals surface area contributed by atoms with Gasteiger partial charge in [0.25, 0.3) is 11.1 Å². The number of amides is 3. The second-order valence-electron chi connectivity index (χ2n) is 6.66. The number of nitrogens with one attached hydrogen (secondary N) is 3. The summed E-state index contributed by atoms with van der Waals surface area (Å²) in [6.45, 7) is 5.49. The predicted molar refractivity (Wildman–Crippen MR) is 98.7 cm³/mol. The van der Waals surface area contributed by atoms with Gasteiger partial charge in [0.15, 0.2) is 0 Å². The lowest BCUT2D eigenvalue weighted by molar-refractivity contribution is -0.117. The summed E-state index contributed by atoms with van der Waals surface area (Å²) >= 11 is 1.07. The minimum Gasteiger partial charge on any atom is -0.411 e. The molecule has 3 amide bonds. The van der Waals surface area contributed by atoms with Crippen LogP contribution in [0.1, 0.15) is 20.8 Å². The first-order valence-corrected chi connectivity index (χ1v) is 8.95. The van der Waals surface area contributed by atoms with Crippen molar-refractivity contribution in [1.29, 1.82) is 0 Å². The Morgan fingerprint density at radius 2 is 2.00 bits per heavy atom. The Morgan fingerprint density at radius 1 is 1.23 bits per heavy atom. The van der Waals surface area contributed by atoms with Crippen molar-refractivity contribution in [3.63, 3.8) is 0 Å². The predicted octanol–water partition coefficient (Wildman–Crippen LogP) is 2.93. The summed E-state index contributed by atoms with van der Waals surface area (Å²) in [5, 5.41) is 14.1. The van der Waals surface area contributed by atoms with Crippen molar-refractivity contribution in [2.75, 3.05) is 5.75 Å². The molecule has 0 saturated heterocycles. The standard InChI is InChI=1S/C17H19N5O3S/c1-17(2,3)20-15(24)19-13(23)9-26-16-22-21-14(25-16)11-8-18-12-7-5-4-6-10(11)12/h4-8,18H,9H2,1-3H3,(H2,19,20,23,24). The first kappa shape index (κ1) is 18.0. The summed E-state index contributed by atoms with van der Waals surface area (Å²) in [4.78, 5) is 26.6. The Bertz CT molecular complexity index is 941. The average Bonchev–Trinajstić information content (AvgIpc) is 3.17. The topological polar surface area (TPSA) is 113 Å². The van der Waals surface area contributed by atoms with Gasteiger partial charge in [-0.25, -0.2) is 4.79 Å². The molecule has 0 aliphatic heterocycles. The molecule has 136 valence electrons. The fourth-order valence-electron chi connectivity index (χ4n) is 2.29. The maximum atomic E-state index is 11.8. The second kappa shape index (κ2) is 7.20. The first-order chi connectivity index (χ1) is 12.3. The summed E-state index contributed by atoms with van der Waals surface area (Å²) in [6.07, 6.45) is 1.80. The smallest absolute Gasteiger partial charge is 0.321 e. The van der Waals surface area contributed by atoms with Crippen LogP contribution < -0.4 is 10.6 Å². The maximum absolute atomic E-state index is 11.8. The van der Waals surface area contributed by atoms with Crippen LogP contribution in [0.4, 0.5) is 4.79 Å². The fourth-order valence-corrected chi connectivity index (χ4v) is 2.85. The molecule has 0 bridgehead atoms. The van der Waals surface area contributed by atoms with Crippen LogP contribution in [0.25, 0.3) is 22.4 Å². The number of H-pyrrole nitrogens is 1. The number of aromatic nitrogens is 3. The molecule has 0 aliphatic carbocycles. The van der Waals surface area contributed by atoms with Crippen molar-refractivity contribution in [1.82, 2.24) is 25.8 Å². The van der Waals surface area contributed by atoms with Gasteiger partial charge in [-0.05, 0) is 26.8 Å². The molecule has 0 atom stereocenters. The number of benzene rings is 1. The lowest BCUT2D eigenvalue weighted by Gasteiger charge is -2.20. The van der Waals surface area contributed by atoms with Crippen LogP contribution in [0.5, 0.6) is 0 Å². The van der Waals surface area contributed by atoms with Gasteiger partial charge in [0.2, 0.25) is 5.91 Å². The number of para-hydroxylation sites is 1. The number of carbonyl (C=O) groups is 2. The monoisotopic (exact) mass is 373 g/mol. The number of fused-ring (bicyclic) bond motifs is 1. The molecular formula is C17H19N5O3S. The normalized spacial score (nSPS) is 11.5. The number of rotatable bonds is 4. The third kappa shape index (κ3) is 4.42. The zero-order chi connectivity index (χ0) is 18.7. The molecule has 0 saturated carbocycles. The number of thioether (sulfide) groups is 1. The van der Waals surface area contributed by atoms with Gasteiger partial charge < -0.3 is 14.7 Å². The highest BCUT2D eigenvalue weighted by Crippen LogP contribution is 2.29. The molecule has 2 heterocycles. The van der Waals surface area contributed by atoms with Crippen LogP contribution in [0.2, 0.25) is 0 Å². The fraction of sp³-hybridized carbons (Fsp3) is 0.294. The molecule has 3 rings (SSSR count). The third-order valence-electron chi connectivity index (χ3n) is 3.29. The largest absolute Gasteiger partial charge is 0.411 e. The summed E-state index contributed by atoms with van der Waals surface area (Å²) in [5.74, 6) is -0.0768. The van der Waals surface area contributed by atoms with Crippen molar-refractivity contribution in [3.05, 3.63) is 30.5 Å². The number of imide groups is 1. The second-order valence-corrected chi connectivity index (χ2v) is 7.59. The minimum atomic E-state index is -0.534. The lowest BCUT2D eigenvalue weighted by atomic mass is 10.1. The van der Waals surface area contributed by atoms with Gasteiger partial charge in [-0.2, -0.15) is 0 Å². The zero-order valence-electron chi connectivity index (χ0n) is 14.6. The maximum Gasteiger partial charge on any atom is 0.321 e. The van der Waals surface area contributed by atoms with Crippen molar-refractivity contribution >= 4 is 34.6 Å². The molecule has 0 fully saturated rings. The highest BCUT2D eigenvalue weighted by Gasteiger charge is 2.17. The lowest BCUT2D eigenvalue weighted by Crippen LogP contribution is -2.48. The molecule has 8 nitrogen and oxygen atoms in total. The molecule has 9 heteroatoms. The molecule has 1 aromatic carbocycles. The van der Waals surface area contributed by atoms with Crippen molar-refractivity contribution in [3.8, 4) is 11.5 Å². The number of aromatic amines is 1. The van der Waals surface area contributed by atoms with E-state index in [4.69, 9.17) is 4.42 Å². The SMILES string of the molecule is CC(C)(C)NC(=O)NC(=O)CSc1nnc(-c2c[nH]c3ccccc23)o1. The van der Waals surface area contributed by atoms with Gasteiger partial charge >= 0.3 is 6.03 Å². The molecule has 26 heavy (non-hydrogen) atoms. The molecule has 0 unspecified atom stereocenters. The van der Waals surface area contributed by atoms with Crippen molar-refractivity contribution < 1.29 is 14.0 Å². The third-order valence-corrected chi connectivity index (χ3v) is 4.11. The van der Waals surface area contributed by atoms with Crippen LogP contribution in [0.3, 0.4) is 0 Å². The zero-order valence-corrected chi connectivity index (χ0v) is 15.4. The van der Waals surface area contributed by atoms with Gasteiger partial charge in [-0.1, -0.05) is 30.0 Å². The number of urea groups is 1. The molecule has 3 N–H and O–H groups in total. The molecule has 0 aliphatic rings. The molecular weight excluding hydrogens is 354 g/mol. The Kier molecular flexibility index (Phi) is 4.99. The van der Waals surface area contributed by atoms with Gasteiger partial charge in [0.1, 0.15) is 0 Å². The summed E-state index contributed by atoms with van der Waals surface area (Å²) in [6, 6.07) is 7.25. The van der Waals surface area contributed by atoms with Crippen LogP contribution in [0, 0.1) is 0 Å². The van der Waals surface area contributed by atoms with Gasteiger partial charge in [0.05, 0.1) is 11.3 Å². The first-order valence-electron chi connectivity index (χ1n) is 7.96. The van der Waals surface area contributed by atoms with E-state index in [2.05, 4.69) is 25.8 Å². The van der Waals surface area contributed by atoms with E-state index in [1.807, 2.05) is 45.0 Å². The Morgan fingerprint density at radius 3 is 2.77 bits per heavy atom. The number of carbonyl (C=O) groups excluding carboxylic acids is 2. The van der Waals surface area contributed by atoms with E-state index in [-0.39, 0.29) is 11.0 Å². The van der Waals surface area contributed by atoms with Crippen molar-refractivity contribution in [2.45, 2.75) is 31.5 Å². The minimum absolute atomic E-state index is 0.00686. The Hall–Kier alpha value is -2.81. The van der Waals surface area contributed by atoms with E-state index in [1.165, 1.54) is 0 Å². The Balaban J connectivity index is 1.59. The summed E-state index contributed by atoms with van der Waals surface area (Å²) < 4.78 is 5.61. The van der Waals surface area contributed by atoms with Gasteiger partial charge in [-0.3, -0.25) is 10.1 Å². The summed E-state index contributed by atoms with van der Waals surface area (Å²) in [7, 11) is 0. The highest BCUT2D eigenvalue weighted by atomic mass is 32.2. The van der Waals surface area contributed by atoms with E-state index in [0.717, 1.165) is 28.2 Å². The van der Waals surface area contributed by atoms with E-state index in [0.29, 0.717) is 5.89 Å². The van der Waals surface area contributed by atoms with Gasteiger partial charge in [-0.15, -0.1) is 10.2 Å². The van der Waals surface area contributed by atoms with Crippen LogP contribution >= 0.6 is 11.8 Å². The Labute approximate surface area is 154 Å². The molecule has 0 spiro atoms. The number of hydrogen-bond acceptors (Lipinski definition) is 6. The van der Waals surface area contributed by atoms with Crippen LogP contribution in [-0.2, 0) is 4.79 Å². The molecule has 2 aromatic heterocycles. The quantitative estimate of drug-likeness (QED) is 0.606.